The first kappa shape index (κ1) is 18.1. The van der Waals surface area contributed by atoms with Crippen LogP contribution in [0.1, 0.15) is 35.8 Å². The molecule has 0 bridgehead atoms. The molecule has 2 aromatic heterocycles. The SMILES string of the molecule is CCOC(=O)c1cnc2nc(C)ccc2c1N1CCC(C(=O)OC)CC1. The minimum atomic E-state index is -0.396. The molecule has 0 amide bonds. The van der Waals surface area contributed by atoms with Gasteiger partial charge in [-0.3, -0.25) is 4.79 Å². The summed E-state index contributed by atoms with van der Waals surface area (Å²) in [6, 6.07) is 3.85. The van der Waals surface area contributed by atoms with Crippen LogP contribution >= 0.6 is 0 Å². The summed E-state index contributed by atoms with van der Waals surface area (Å²) in [6.07, 6.45) is 2.89. The lowest BCUT2D eigenvalue weighted by atomic mass is 9.95. The van der Waals surface area contributed by atoms with E-state index in [1.165, 1.54) is 13.3 Å². The van der Waals surface area contributed by atoms with Gasteiger partial charge in [0.15, 0.2) is 5.65 Å². The van der Waals surface area contributed by atoms with Gasteiger partial charge < -0.3 is 14.4 Å². The Hall–Kier alpha value is -2.70. The number of anilines is 1. The molecule has 1 aliphatic rings. The summed E-state index contributed by atoms with van der Waals surface area (Å²) < 4.78 is 10.1. The fourth-order valence-electron chi connectivity index (χ4n) is 3.36. The molecule has 7 heteroatoms. The van der Waals surface area contributed by atoms with E-state index in [9.17, 15) is 9.59 Å². The molecule has 0 aliphatic carbocycles. The van der Waals surface area contributed by atoms with Crippen LogP contribution in [0.2, 0.25) is 0 Å². The van der Waals surface area contributed by atoms with Crippen molar-refractivity contribution in [3.8, 4) is 0 Å². The average Bonchev–Trinajstić information content (AvgIpc) is 2.66. The second-order valence-electron chi connectivity index (χ2n) is 6.35. The summed E-state index contributed by atoms with van der Waals surface area (Å²) >= 11 is 0. The van der Waals surface area contributed by atoms with Crippen molar-refractivity contribution < 1.29 is 19.1 Å². The molecule has 0 unspecified atom stereocenters. The van der Waals surface area contributed by atoms with Crippen molar-refractivity contribution in [2.75, 3.05) is 31.7 Å². The van der Waals surface area contributed by atoms with Crippen molar-refractivity contribution in [1.82, 2.24) is 9.97 Å². The molecule has 0 spiro atoms. The molecular formula is C19H23N3O4. The molecule has 0 saturated carbocycles. The van der Waals surface area contributed by atoms with Gasteiger partial charge in [-0.05, 0) is 38.8 Å². The number of esters is 2. The van der Waals surface area contributed by atoms with E-state index in [-0.39, 0.29) is 11.9 Å². The fourth-order valence-corrected chi connectivity index (χ4v) is 3.36. The molecule has 2 aromatic rings. The van der Waals surface area contributed by atoms with Crippen molar-refractivity contribution in [3.05, 3.63) is 29.6 Å². The van der Waals surface area contributed by atoms with Crippen LogP contribution in [0.15, 0.2) is 18.3 Å². The van der Waals surface area contributed by atoms with Crippen molar-refractivity contribution in [1.29, 1.82) is 0 Å². The highest BCUT2D eigenvalue weighted by Gasteiger charge is 2.29. The van der Waals surface area contributed by atoms with Gasteiger partial charge in [0.25, 0.3) is 0 Å². The molecule has 1 aliphatic heterocycles. The Labute approximate surface area is 152 Å². The summed E-state index contributed by atoms with van der Waals surface area (Å²) in [5.41, 5.74) is 2.68. The molecule has 0 aromatic carbocycles. The quantitative estimate of drug-likeness (QED) is 0.778. The van der Waals surface area contributed by atoms with Gasteiger partial charge in [-0.25, -0.2) is 14.8 Å². The van der Waals surface area contributed by atoms with Gasteiger partial charge in [0.2, 0.25) is 0 Å². The maximum Gasteiger partial charge on any atom is 0.341 e. The van der Waals surface area contributed by atoms with Crippen LogP contribution in [-0.2, 0) is 14.3 Å². The Morgan fingerprint density at radius 1 is 1.27 bits per heavy atom. The van der Waals surface area contributed by atoms with E-state index in [4.69, 9.17) is 9.47 Å². The summed E-state index contributed by atoms with van der Waals surface area (Å²) in [7, 11) is 1.41. The van der Waals surface area contributed by atoms with Crippen LogP contribution in [0.5, 0.6) is 0 Å². The number of rotatable bonds is 4. The second-order valence-corrected chi connectivity index (χ2v) is 6.35. The van der Waals surface area contributed by atoms with Gasteiger partial charge in [0.05, 0.1) is 25.3 Å². The molecule has 26 heavy (non-hydrogen) atoms. The van der Waals surface area contributed by atoms with E-state index in [0.717, 1.165) is 16.8 Å². The second kappa shape index (κ2) is 7.68. The van der Waals surface area contributed by atoms with E-state index in [2.05, 4.69) is 14.9 Å². The zero-order valence-corrected chi connectivity index (χ0v) is 15.3. The Morgan fingerprint density at radius 3 is 2.65 bits per heavy atom. The Kier molecular flexibility index (Phi) is 5.35. The number of piperidine rings is 1. The van der Waals surface area contributed by atoms with Crippen LogP contribution in [0.4, 0.5) is 5.69 Å². The number of carbonyl (C=O) groups excluding carboxylic acids is 2. The van der Waals surface area contributed by atoms with Gasteiger partial charge in [-0.2, -0.15) is 0 Å². The van der Waals surface area contributed by atoms with Gasteiger partial charge in [0, 0.05) is 30.4 Å². The number of methoxy groups -OCH3 is 1. The summed E-state index contributed by atoms with van der Waals surface area (Å²) in [6.45, 7) is 5.28. The van der Waals surface area contributed by atoms with Gasteiger partial charge in [-0.1, -0.05) is 0 Å². The Balaban J connectivity index is 2.00. The van der Waals surface area contributed by atoms with Crippen molar-refractivity contribution in [2.24, 2.45) is 5.92 Å². The third-order valence-electron chi connectivity index (χ3n) is 4.68. The molecule has 0 atom stereocenters. The van der Waals surface area contributed by atoms with Gasteiger partial charge in [-0.15, -0.1) is 0 Å². The minimum Gasteiger partial charge on any atom is -0.469 e. The molecule has 1 fully saturated rings. The van der Waals surface area contributed by atoms with E-state index in [1.807, 2.05) is 19.1 Å². The molecule has 0 radical (unpaired) electrons. The lowest BCUT2D eigenvalue weighted by molar-refractivity contribution is -0.146. The largest absolute Gasteiger partial charge is 0.469 e. The number of hydrogen-bond donors (Lipinski definition) is 0. The van der Waals surface area contributed by atoms with Crippen LogP contribution < -0.4 is 4.90 Å². The fraction of sp³-hybridized carbons (Fsp3) is 0.474. The minimum absolute atomic E-state index is 0.101. The van der Waals surface area contributed by atoms with E-state index in [1.54, 1.807) is 6.92 Å². The van der Waals surface area contributed by atoms with Crippen LogP contribution in [0, 0.1) is 12.8 Å². The number of hydrogen-bond acceptors (Lipinski definition) is 7. The number of pyridine rings is 2. The molecular weight excluding hydrogens is 334 g/mol. The topological polar surface area (TPSA) is 81.6 Å². The Bertz CT molecular complexity index is 829. The van der Waals surface area contributed by atoms with E-state index in [0.29, 0.717) is 43.7 Å². The molecule has 0 N–H and O–H groups in total. The summed E-state index contributed by atoms with van der Waals surface area (Å²) in [4.78, 5) is 35.2. The molecule has 3 heterocycles. The first-order valence-corrected chi connectivity index (χ1v) is 8.81. The lowest BCUT2D eigenvalue weighted by Crippen LogP contribution is -2.37. The summed E-state index contributed by atoms with van der Waals surface area (Å²) in [5, 5.41) is 0.817. The highest BCUT2D eigenvalue weighted by atomic mass is 16.5. The highest BCUT2D eigenvalue weighted by Crippen LogP contribution is 2.33. The van der Waals surface area contributed by atoms with Crippen molar-refractivity contribution in [2.45, 2.75) is 26.7 Å². The highest BCUT2D eigenvalue weighted by molar-refractivity contribution is 6.04. The third-order valence-corrected chi connectivity index (χ3v) is 4.68. The first-order valence-electron chi connectivity index (χ1n) is 8.81. The standard InChI is InChI=1S/C19H23N3O4/c1-4-26-19(24)15-11-20-17-14(6-5-12(2)21-17)16(15)22-9-7-13(8-10-22)18(23)25-3/h5-6,11,13H,4,7-10H2,1-3H3. The maximum atomic E-state index is 12.5. The predicted octanol–water partition coefficient (Wildman–Crippen LogP) is 2.50. The number of aryl methyl sites for hydroxylation is 1. The number of carbonyl (C=O) groups is 2. The number of aromatic nitrogens is 2. The zero-order chi connectivity index (χ0) is 18.7. The van der Waals surface area contributed by atoms with E-state index < -0.39 is 5.97 Å². The van der Waals surface area contributed by atoms with Gasteiger partial charge >= 0.3 is 11.9 Å². The first-order chi connectivity index (χ1) is 12.5. The smallest absolute Gasteiger partial charge is 0.341 e. The van der Waals surface area contributed by atoms with Crippen molar-refractivity contribution in [3.63, 3.8) is 0 Å². The number of ether oxygens (including phenoxy) is 2. The number of nitrogens with zero attached hydrogens (tertiary/aromatic N) is 3. The van der Waals surface area contributed by atoms with E-state index >= 15 is 0 Å². The molecule has 138 valence electrons. The zero-order valence-electron chi connectivity index (χ0n) is 15.3. The Morgan fingerprint density at radius 2 is 2.00 bits per heavy atom. The molecule has 1 saturated heterocycles. The van der Waals surface area contributed by atoms with Crippen LogP contribution in [0.25, 0.3) is 11.0 Å². The predicted molar refractivity (Wildman–Crippen MR) is 97.2 cm³/mol. The van der Waals surface area contributed by atoms with Crippen LogP contribution in [-0.4, -0.2) is 48.7 Å². The summed E-state index contributed by atoms with van der Waals surface area (Å²) in [5.74, 6) is -0.671. The average molecular weight is 357 g/mol. The van der Waals surface area contributed by atoms with Gasteiger partial charge in [0.1, 0.15) is 5.56 Å². The lowest BCUT2D eigenvalue weighted by Gasteiger charge is -2.34. The monoisotopic (exact) mass is 357 g/mol. The third kappa shape index (κ3) is 3.47. The van der Waals surface area contributed by atoms with Crippen LogP contribution in [0.3, 0.4) is 0 Å². The molecule has 7 nitrogen and oxygen atoms in total. The normalized spacial score (nSPS) is 15.1. The number of fused-ring (bicyclic) bond motifs is 1. The molecule has 3 rings (SSSR count). The maximum absolute atomic E-state index is 12.5. The van der Waals surface area contributed by atoms with Crippen molar-refractivity contribution >= 4 is 28.7 Å².